The van der Waals surface area contributed by atoms with Crippen LogP contribution in [0.1, 0.15) is 33.9 Å². The standard InChI is InChI=1S/C20H19ClN2O4/c1-11-6-7-13(20(26)27)9-16(11)22-19(25)15-10-17(24)23(2)18(15)12-4-3-5-14(21)8-12/h3-9,15,18H,10H2,1-2H3,(H,22,25)(H,26,27)/t15-,18+/m0/s1. The van der Waals surface area contributed by atoms with Crippen LogP contribution in [0.3, 0.4) is 0 Å². The molecule has 0 aromatic heterocycles. The van der Waals surface area contributed by atoms with Gasteiger partial charge in [-0.1, -0.05) is 29.8 Å². The number of hydrogen-bond donors (Lipinski definition) is 2. The molecule has 0 saturated carbocycles. The molecular weight excluding hydrogens is 368 g/mol. The number of likely N-dealkylation sites (tertiary alicyclic amines) is 1. The van der Waals surface area contributed by atoms with Gasteiger partial charge in [0.1, 0.15) is 0 Å². The molecule has 3 rings (SSSR count). The Hall–Kier alpha value is -2.86. The lowest BCUT2D eigenvalue weighted by Crippen LogP contribution is -2.30. The van der Waals surface area contributed by atoms with E-state index >= 15 is 0 Å². The van der Waals surface area contributed by atoms with Gasteiger partial charge in [0.05, 0.1) is 17.5 Å². The summed E-state index contributed by atoms with van der Waals surface area (Å²) in [7, 11) is 1.66. The van der Waals surface area contributed by atoms with Crippen molar-refractivity contribution in [1.82, 2.24) is 4.90 Å². The van der Waals surface area contributed by atoms with Crippen LogP contribution < -0.4 is 5.32 Å². The van der Waals surface area contributed by atoms with Crippen LogP contribution in [0.2, 0.25) is 5.02 Å². The van der Waals surface area contributed by atoms with Gasteiger partial charge in [-0.05, 0) is 42.3 Å². The monoisotopic (exact) mass is 386 g/mol. The third-order valence-corrected chi connectivity index (χ3v) is 5.09. The predicted molar refractivity (Wildman–Crippen MR) is 102 cm³/mol. The maximum atomic E-state index is 12.9. The highest BCUT2D eigenvalue weighted by molar-refractivity contribution is 6.30. The summed E-state index contributed by atoms with van der Waals surface area (Å²) in [6.45, 7) is 1.78. The number of aryl methyl sites for hydroxylation is 1. The first-order valence-corrected chi connectivity index (χ1v) is 8.81. The summed E-state index contributed by atoms with van der Waals surface area (Å²) < 4.78 is 0. The van der Waals surface area contributed by atoms with Crippen molar-refractivity contribution in [2.45, 2.75) is 19.4 Å². The largest absolute Gasteiger partial charge is 0.478 e. The molecule has 0 aliphatic carbocycles. The molecule has 0 spiro atoms. The summed E-state index contributed by atoms with van der Waals surface area (Å²) in [5, 5.41) is 12.5. The summed E-state index contributed by atoms with van der Waals surface area (Å²) in [6, 6.07) is 11.2. The molecule has 1 heterocycles. The van der Waals surface area contributed by atoms with Crippen molar-refractivity contribution in [2.24, 2.45) is 5.92 Å². The fraction of sp³-hybridized carbons (Fsp3) is 0.250. The highest BCUT2D eigenvalue weighted by Crippen LogP contribution is 2.38. The first-order chi connectivity index (χ1) is 12.8. The Bertz CT molecular complexity index is 928. The number of hydrogen-bond acceptors (Lipinski definition) is 3. The second-order valence-corrected chi connectivity index (χ2v) is 7.08. The van der Waals surface area contributed by atoms with Gasteiger partial charge < -0.3 is 15.3 Å². The molecule has 2 aromatic rings. The van der Waals surface area contributed by atoms with Gasteiger partial charge in [0, 0.05) is 24.2 Å². The van der Waals surface area contributed by atoms with E-state index in [1.54, 1.807) is 43.1 Å². The maximum Gasteiger partial charge on any atom is 0.335 e. The third-order valence-electron chi connectivity index (χ3n) is 4.86. The Balaban J connectivity index is 1.90. The SMILES string of the molecule is Cc1ccc(C(=O)O)cc1NC(=O)[C@H]1CC(=O)N(C)[C@@H]1c1cccc(Cl)c1. The lowest BCUT2D eigenvalue weighted by atomic mass is 9.92. The summed E-state index contributed by atoms with van der Waals surface area (Å²) in [5.74, 6) is -2.13. The first kappa shape index (κ1) is 18.9. The molecule has 140 valence electrons. The number of aromatic carboxylic acids is 1. The molecule has 0 unspecified atom stereocenters. The highest BCUT2D eigenvalue weighted by Gasteiger charge is 2.42. The van der Waals surface area contributed by atoms with E-state index in [1.807, 2.05) is 6.07 Å². The average molecular weight is 387 g/mol. The van der Waals surface area contributed by atoms with E-state index < -0.39 is 17.9 Å². The third kappa shape index (κ3) is 3.80. The van der Waals surface area contributed by atoms with Gasteiger partial charge in [0.25, 0.3) is 0 Å². The molecular formula is C20H19ClN2O4. The van der Waals surface area contributed by atoms with E-state index in [0.717, 1.165) is 11.1 Å². The average Bonchev–Trinajstić information content (AvgIpc) is 2.92. The zero-order valence-corrected chi connectivity index (χ0v) is 15.7. The summed E-state index contributed by atoms with van der Waals surface area (Å²) in [4.78, 5) is 37.9. The molecule has 27 heavy (non-hydrogen) atoms. The van der Waals surface area contributed by atoms with Crippen molar-refractivity contribution in [3.63, 3.8) is 0 Å². The number of carbonyl (C=O) groups is 3. The smallest absolute Gasteiger partial charge is 0.335 e. The van der Waals surface area contributed by atoms with Crippen LogP contribution in [0.5, 0.6) is 0 Å². The number of amides is 2. The number of anilines is 1. The van der Waals surface area contributed by atoms with Crippen molar-refractivity contribution in [3.8, 4) is 0 Å². The molecule has 0 radical (unpaired) electrons. The summed E-state index contributed by atoms with van der Waals surface area (Å²) in [6.07, 6.45) is 0.0805. The van der Waals surface area contributed by atoms with E-state index in [1.165, 1.54) is 12.1 Å². The van der Waals surface area contributed by atoms with Crippen LogP contribution in [-0.4, -0.2) is 34.8 Å². The number of halogens is 1. The van der Waals surface area contributed by atoms with Crippen molar-refractivity contribution in [1.29, 1.82) is 0 Å². The van der Waals surface area contributed by atoms with Gasteiger partial charge in [-0.25, -0.2) is 4.79 Å². The number of nitrogens with one attached hydrogen (secondary N) is 1. The Morgan fingerprint density at radius 1 is 1.22 bits per heavy atom. The van der Waals surface area contributed by atoms with Gasteiger partial charge in [-0.2, -0.15) is 0 Å². The van der Waals surface area contributed by atoms with E-state index in [2.05, 4.69) is 5.32 Å². The maximum absolute atomic E-state index is 12.9. The number of carbonyl (C=O) groups excluding carboxylic acids is 2. The van der Waals surface area contributed by atoms with Crippen molar-refractivity contribution in [3.05, 3.63) is 64.2 Å². The lowest BCUT2D eigenvalue weighted by Gasteiger charge is -2.25. The molecule has 1 aliphatic rings. The van der Waals surface area contributed by atoms with Crippen LogP contribution in [0.4, 0.5) is 5.69 Å². The minimum absolute atomic E-state index is 0.0805. The fourth-order valence-electron chi connectivity index (χ4n) is 3.37. The van der Waals surface area contributed by atoms with Gasteiger partial charge >= 0.3 is 5.97 Å². The fourth-order valence-corrected chi connectivity index (χ4v) is 3.57. The number of rotatable bonds is 4. The van der Waals surface area contributed by atoms with Crippen molar-refractivity contribution >= 4 is 35.1 Å². The number of carboxylic acid groups (broad SMARTS) is 1. The number of nitrogens with zero attached hydrogens (tertiary/aromatic N) is 1. The minimum atomic E-state index is -1.07. The molecule has 6 nitrogen and oxygen atoms in total. The molecule has 1 aliphatic heterocycles. The van der Waals surface area contributed by atoms with Crippen LogP contribution in [-0.2, 0) is 9.59 Å². The molecule has 1 fully saturated rings. The quantitative estimate of drug-likeness (QED) is 0.841. The van der Waals surface area contributed by atoms with E-state index in [4.69, 9.17) is 16.7 Å². The van der Waals surface area contributed by atoms with E-state index in [9.17, 15) is 14.4 Å². The normalized spacial score (nSPS) is 19.2. The van der Waals surface area contributed by atoms with Crippen LogP contribution >= 0.6 is 11.6 Å². The molecule has 2 atom stereocenters. The Kier molecular flexibility index (Phi) is 5.19. The first-order valence-electron chi connectivity index (χ1n) is 8.44. The summed E-state index contributed by atoms with van der Waals surface area (Å²) >= 11 is 6.07. The molecule has 2 N–H and O–H groups in total. The van der Waals surface area contributed by atoms with Crippen molar-refractivity contribution in [2.75, 3.05) is 12.4 Å². The van der Waals surface area contributed by atoms with E-state index in [-0.39, 0.29) is 23.8 Å². The second kappa shape index (κ2) is 7.40. The zero-order chi connectivity index (χ0) is 19.7. The predicted octanol–water partition coefficient (Wildman–Crippen LogP) is 3.50. The topological polar surface area (TPSA) is 86.7 Å². The van der Waals surface area contributed by atoms with Gasteiger partial charge in [0.2, 0.25) is 11.8 Å². The molecule has 2 amide bonds. The molecule has 7 heteroatoms. The highest BCUT2D eigenvalue weighted by atomic mass is 35.5. The zero-order valence-electron chi connectivity index (χ0n) is 14.9. The van der Waals surface area contributed by atoms with Crippen LogP contribution in [0.15, 0.2) is 42.5 Å². The number of benzene rings is 2. The van der Waals surface area contributed by atoms with Gasteiger partial charge in [0.15, 0.2) is 0 Å². The Morgan fingerprint density at radius 3 is 2.63 bits per heavy atom. The minimum Gasteiger partial charge on any atom is -0.478 e. The number of carboxylic acids is 1. The van der Waals surface area contributed by atoms with Crippen molar-refractivity contribution < 1.29 is 19.5 Å². The van der Waals surface area contributed by atoms with Gasteiger partial charge in [-0.15, -0.1) is 0 Å². The van der Waals surface area contributed by atoms with E-state index in [0.29, 0.717) is 10.7 Å². The molecule has 0 bridgehead atoms. The van der Waals surface area contributed by atoms with Gasteiger partial charge in [-0.3, -0.25) is 9.59 Å². The molecule has 2 aromatic carbocycles. The lowest BCUT2D eigenvalue weighted by molar-refractivity contribution is -0.128. The second-order valence-electron chi connectivity index (χ2n) is 6.64. The summed E-state index contributed by atoms with van der Waals surface area (Å²) in [5.41, 5.74) is 2.03. The van der Waals surface area contributed by atoms with Crippen LogP contribution in [0.25, 0.3) is 0 Å². The Labute approximate surface area is 161 Å². The molecule has 1 saturated heterocycles. The van der Waals surface area contributed by atoms with Crippen LogP contribution in [0, 0.1) is 12.8 Å². The Morgan fingerprint density at radius 2 is 1.96 bits per heavy atom.